The van der Waals surface area contributed by atoms with Crippen LogP contribution in [0.25, 0.3) is 5.65 Å². The molecule has 0 aliphatic rings. The molecule has 0 radical (unpaired) electrons. The molecule has 0 atom stereocenters. The summed E-state index contributed by atoms with van der Waals surface area (Å²) >= 11 is 0. The van der Waals surface area contributed by atoms with Gasteiger partial charge in [0.05, 0.1) is 0 Å². The molecule has 0 fully saturated rings. The second-order valence-corrected chi connectivity index (χ2v) is 6.08. The molecular weight excluding hydrogens is 458 g/mol. The monoisotopic (exact) mass is 482 g/mol. The molecule has 3 aromatic rings. The second-order valence-electron chi connectivity index (χ2n) is 6.08. The van der Waals surface area contributed by atoms with Gasteiger partial charge in [-0.3, -0.25) is 9.39 Å². The fraction of sp³-hybridized carbons (Fsp3) is 0.316. The van der Waals surface area contributed by atoms with Crippen LogP contribution in [0.2, 0.25) is 0 Å². The number of halogens is 2. The van der Waals surface area contributed by atoms with E-state index in [0.717, 1.165) is 42.4 Å². The first-order chi connectivity index (χ1) is 12.7. The molecule has 27 heavy (non-hydrogen) atoms. The van der Waals surface area contributed by atoms with Crippen molar-refractivity contribution >= 4 is 35.6 Å². The third-order valence-electron chi connectivity index (χ3n) is 4.16. The van der Waals surface area contributed by atoms with Gasteiger partial charge in [0.2, 0.25) is 0 Å². The average Bonchev–Trinajstić information content (AvgIpc) is 3.07. The first kappa shape index (κ1) is 21.1. The van der Waals surface area contributed by atoms with E-state index in [9.17, 15) is 4.39 Å². The van der Waals surface area contributed by atoms with Crippen molar-refractivity contribution in [3.8, 4) is 0 Å². The van der Waals surface area contributed by atoms with Gasteiger partial charge >= 0.3 is 0 Å². The molecule has 0 unspecified atom stereocenters. The summed E-state index contributed by atoms with van der Waals surface area (Å²) in [6, 6.07) is 11.0. The van der Waals surface area contributed by atoms with Crippen molar-refractivity contribution < 1.29 is 4.39 Å². The minimum atomic E-state index is -0.183. The van der Waals surface area contributed by atoms with Crippen LogP contribution in [0.4, 0.5) is 4.39 Å². The van der Waals surface area contributed by atoms with Gasteiger partial charge in [0, 0.05) is 32.8 Å². The lowest BCUT2D eigenvalue weighted by Crippen LogP contribution is -2.37. The van der Waals surface area contributed by atoms with E-state index in [0.29, 0.717) is 12.1 Å². The number of guanidine groups is 1. The lowest BCUT2D eigenvalue weighted by Gasteiger charge is -2.12. The summed E-state index contributed by atoms with van der Waals surface area (Å²) in [7, 11) is 1.73. The van der Waals surface area contributed by atoms with Gasteiger partial charge in [-0.25, -0.2) is 4.39 Å². The van der Waals surface area contributed by atoms with Crippen LogP contribution in [0.5, 0.6) is 0 Å². The number of nitrogens with one attached hydrogen (secondary N) is 2. The summed E-state index contributed by atoms with van der Waals surface area (Å²) in [6.45, 7) is 3.12. The Kier molecular flexibility index (Phi) is 7.96. The van der Waals surface area contributed by atoms with Crippen molar-refractivity contribution in [2.24, 2.45) is 4.99 Å². The Labute approximate surface area is 175 Å². The van der Waals surface area contributed by atoms with E-state index in [1.807, 2.05) is 34.9 Å². The minimum Gasteiger partial charge on any atom is -0.356 e. The number of fused-ring (bicyclic) bond motifs is 1. The maximum Gasteiger partial charge on any atom is 0.191 e. The highest BCUT2D eigenvalue weighted by molar-refractivity contribution is 14.0. The molecular formula is C19H24FIN6. The van der Waals surface area contributed by atoms with Gasteiger partial charge in [-0.2, -0.15) is 0 Å². The van der Waals surface area contributed by atoms with Crippen LogP contribution in [0.1, 0.15) is 23.4 Å². The highest BCUT2D eigenvalue weighted by atomic mass is 127. The predicted octanol–water partition coefficient (Wildman–Crippen LogP) is 3.09. The third-order valence-corrected chi connectivity index (χ3v) is 4.16. The number of aliphatic imine (C=N–C) groups is 1. The number of nitrogens with zero attached hydrogens (tertiary/aromatic N) is 4. The molecule has 0 saturated carbocycles. The van der Waals surface area contributed by atoms with Crippen LogP contribution in [-0.4, -0.2) is 34.2 Å². The van der Waals surface area contributed by atoms with Crippen LogP contribution >= 0.6 is 24.0 Å². The lowest BCUT2D eigenvalue weighted by molar-refractivity contribution is 0.617. The number of rotatable bonds is 6. The quantitative estimate of drug-likeness (QED) is 0.245. The van der Waals surface area contributed by atoms with Gasteiger partial charge in [-0.15, -0.1) is 34.2 Å². The number of pyridine rings is 1. The third kappa shape index (κ3) is 5.62. The van der Waals surface area contributed by atoms with Gasteiger partial charge < -0.3 is 10.6 Å². The maximum absolute atomic E-state index is 13.3. The van der Waals surface area contributed by atoms with Crippen molar-refractivity contribution in [2.75, 3.05) is 13.6 Å². The number of hydrogen-bond acceptors (Lipinski definition) is 3. The molecule has 0 spiro atoms. The van der Waals surface area contributed by atoms with E-state index in [1.165, 1.54) is 6.07 Å². The van der Waals surface area contributed by atoms with Gasteiger partial charge in [-0.1, -0.05) is 18.2 Å². The molecule has 3 rings (SSSR count). The zero-order chi connectivity index (χ0) is 18.4. The van der Waals surface area contributed by atoms with Crippen molar-refractivity contribution in [3.63, 3.8) is 0 Å². The van der Waals surface area contributed by atoms with Crippen LogP contribution < -0.4 is 10.6 Å². The molecule has 0 saturated heterocycles. The summed E-state index contributed by atoms with van der Waals surface area (Å²) in [5.74, 6) is 1.49. The van der Waals surface area contributed by atoms with Gasteiger partial charge in [-0.05, 0) is 42.7 Å². The zero-order valence-corrected chi connectivity index (χ0v) is 17.8. The molecule has 2 aromatic heterocycles. The summed E-state index contributed by atoms with van der Waals surface area (Å²) in [4.78, 5) is 4.21. The number of hydrogen-bond donors (Lipinski definition) is 2. The normalized spacial score (nSPS) is 11.3. The molecule has 144 valence electrons. The van der Waals surface area contributed by atoms with E-state index in [4.69, 9.17) is 0 Å². The molecule has 0 aliphatic heterocycles. The summed E-state index contributed by atoms with van der Waals surface area (Å²) in [5, 5.41) is 14.9. The van der Waals surface area contributed by atoms with Crippen molar-refractivity contribution in [3.05, 3.63) is 65.4 Å². The SMILES string of the molecule is CN=C(NCCCc1nnc2ccccn12)NCc1ccc(F)c(C)c1.I. The van der Waals surface area contributed by atoms with E-state index in [2.05, 4.69) is 25.8 Å². The first-order valence-corrected chi connectivity index (χ1v) is 8.65. The van der Waals surface area contributed by atoms with Crippen LogP contribution in [0, 0.1) is 12.7 Å². The largest absolute Gasteiger partial charge is 0.356 e. The zero-order valence-electron chi connectivity index (χ0n) is 15.4. The Morgan fingerprint density at radius 3 is 2.81 bits per heavy atom. The highest BCUT2D eigenvalue weighted by Gasteiger charge is 2.05. The molecule has 0 amide bonds. The van der Waals surface area contributed by atoms with Crippen LogP contribution in [0.15, 0.2) is 47.6 Å². The van der Waals surface area contributed by atoms with Crippen LogP contribution in [-0.2, 0) is 13.0 Å². The minimum absolute atomic E-state index is 0. The van der Waals surface area contributed by atoms with E-state index in [-0.39, 0.29) is 29.8 Å². The Balaban J connectivity index is 0.00000261. The topological polar surface area (TPSA) is 66.6 Å². The smallest absolute Gasteiger partial charge is 0.191 e. The molecule has 8 heteroatoms. The summed E-state index contributed by atoms with van der Waals surface area (Å²) in [6.07, 6.45) is 3.71. The van der Waals surface area contributed by atoms with E-state index < -0.39 is 0 Å². The van der Waals surface area contributed by atoms with Gasteiger partial charge in [0.15, 0.2) is 11.6 Å². The Hall–Kier alpha value is -2.23. The fourth-order valence-corrected chi connectivity index (χ4v) is 2.74. The molecule has 2 heterocycles. The van der Waals surface area contributed by atoms with E-state index in [1.54, 1.807) is 20.0 Å². The number of aryl methyl sites for hydroxylation is 2. The summed E-state index contributed by atoms with van der Waals surface area (Å²) < 4.78 is 15.3. The van der Waals surface area contributed by atoms with Crippen molar-refractivity contribution in [1.82, 2.24) is 25.2 Å². The average molecular weight is 482 g/mol. The molecule has 0 bridgehead atoms. The first-order valence-electron chi connectivity index (χ1n) is 8.65. The molecule has 0 aliphatic carbocycles. The number of benzene rings is 1. The van der Waals surface area contributed by atoms with Crippen molar-refractivity contribution in [1.29, 1.82) is 0 Å². The van der Waals surface area contributed by atoms with Crippen molar-refractivity contribution in [2.45, 2.75) is 26.3 Å². The van der Waals surface area contributed by atoms with E-state index >= 15 is 0 Å². The predicted molar refractivity (Wildman–Crippen MR) is 116 cm³/mol. The lowest BCUT2D eigenvalue weighted by atomic mass is 10.1. The highest BCUT2D eigenvalue weighted by Crippen LogP contribution is 2.09. The molecule has 2 N–H and O–H groups in total. The standard InChI is InChI=1S/C19H23FN6.HI/c1-14-12-15(8-9-16(14)20)13-23-19(21-2)22-10-5-7-18-25-24-17-6-3-4-11-26(17)18;/h3-4,6,8-9,11-12H,5,7,10,13H2,1-2H3,(H2,21,22,23);1H. The van der Waals surface area contributed by atoms with Gasteiger partial charge in [0.25, 0.3) is 0 Å². The Bertz CT molecular complexity index is 908. The Morgan fingerprint density at radius 2 is 2.04 bits per heavy atom. The molecule has 6 nitrogen and oxygen atoms in total. The van der Waals surface area contributed by atoms with Crippen LogP contribution in [0.3, 0.4) is 0 Å². The number of aromatic nitrogens is 3. The Morgan fingerprint density at radius 1 is 1.19 bits per heavy atom. The second kappa shape index (κ2) is 10.2. The fourth-order valence-electron chi connectivity index (χ4n) is 2.74. The maximum atomic E-state index is 13.3. The van der Waals surface area contributed by atoms with Gasteiger partial charge in [0.1, 0.15) is 11.6 Å². The summed E-state index contributed by atoms with van der Waals surface area (Å²) in [5.41, 5.74) is 2.53. The molecule has 1 aromatic carbocycles.